The van der Waals surface area contributed by atoms with Gasteiger partial charge in [-0.2, -0.15) is 0 Å². The molecule has 0 saturated carbocycles. The summed E-state index contributed by atoms with van der Waals surface area (Å²) in [4.78, 5) is 23.2. The predicted octanol–water partition coefficient (Wildman–Crippen LogP) is 3.58. The highest BCUT2D eigenvalue weighted by Crippen LogP contribution is 2.29. The third-order valence-electron chi connectivity index (χ3n) is 2.88. The minimum atomic E-state index is -0.774. The summed E-state index contributed by atoms with van der Waals surface area (Å²) in [6, 6.07) is 7.44. The average molecular weight is 330 g/mol. The number of rotatable bonds is 9. The number of carboxylic acid groups (broad SMARTS) is 1. The van der Waals surface area contributed by atoms with Crippen LogP contribution >= 0.6 is 23.4 Å². The van der Waals surface area contributed by atoms with Gasteiger partial charge >= 0.3 is 5.97 Å². The number of benzene rings is 1. The van der Waals surface area contributed by atoms with Crippen molar-refractivity contribution in [1.29, 1.82) is 0 Å². The lowest BCUT2D eigenvalue weighted by molar-refractivity contribution is -0.137. The van der Waals surface area contributed by atoms with E-state index in [1.807, 2.05) is 25.1 Å². The van der Waals surface area contributed by atoms with Crippen LogP contribution in [0.25, 0.3) is 0 Å². The second-order valence-electron chi connectivity index (χ2n) is 4.69. The van der Waals surface area contributed by atoms with Crippen molar-refractivity contribution in [3.05, 3.63) is 29.3 Å². The molecular weight excluding hydrogens is 310 g/mol. The largest absolute Gasteiger partial charge is 0.481 e. The number of hydrogen-bond acceptors (Lipinski definition) is 3. The molecule has 0 aromatic heterocycles. The van der Waals surface area contributed by atoms with E-state index in [2.05, 4.69) is 5.32 Å². The lowest BCUT2D eigenvalue weighted by atomic mass is 10.2. The van der Waals surface area contributed by atoms with Crippen molar-refractivity contribution in [2.45, 2.75) is 42.8 Å². The molecule has 1 aromatic carbocycles. The van der Waals surface area contributed by atoms with Crippen LogP contribution in [0.15, 0.2) is 29.2 Å². The minimum absolute atomic E-state index is 0.0295. The molecule has 0 spiro atoms. The van der Waals surface area contributed by atoms with Crippen LogP contribution in [0.3, 0.4) is 0 Å². The van der Waals surface area contributed by atoms with Gasteiger partial charge < -0.3 is 10.4 Å². The lowest BCUT2D eigenvalue weighted by Crippen LogP contribution is -2.31. The summed E-state index contributed by atoms with van der Waals surface area (Å²) in [5, 5.41) is 11.8. The molecule has 0 saturated heterocycles. The van der Waals surface area contributed by atoms with E-state index in [0.717, 1.165) is 17.7 Å². The van der Waals surface area contributed by atoms with Gasteiger partial charge in [0.15, 0.2) is 0 Å². The Morgan fingerprint density at radius 3 is 2.67 bits per heavy atom. The van der Waals surface area contributed by atoms with Crippen LogP contribution in [0.1, 0.15) is 32.6 Å². The first-order valence-corrected chi connectivity index (χ1v) is 8.17. The molecule has 0 aliphatic carbocycles. The van der Waals surface area contributed by atoms with Crippen LogP contribution in [-0.4, -0.2) is 28.8 Å². The summed E-state index contributed by atoms with van der Waals surface area (Å²) in [5.74, 6) is -0.804. The smallest absolute Gasteiger partial charge is 0.303 e. The zero-order valence-electron chi connectivity index (χ0n) is 12.0. The molecule has 1 unspecified atom stereocenters. The highest BCUT2D eigenvalue weighted by atomic mass is 35.5. The standard InChI is InChI=1S/C15H20ClNO3S/c1-11(21-13-8-5-4-7-12(13)16)15(20)17-10-6-2-3-9-14(18)19/h4-5,7-8,11H,2-3,6,9-10H2,1H3,(H,17,20)(H,18,19). The van der Waals surface area contributed by atoms with Gasteiger partial charge in [-0.15, -0.1) is 11.8 Å². The van der Waals surface area contributed by atoms with Crippen LogP contribution in [0, 0.1) is 0 Å². The Morgan fingerprint density at radius 2 is 2.00 bits per heavy atom. The van der Waals surface area contributed by atoms with Crippen LogP contribution in [0.5, 0.6) is 0 Å². The van der Waals surface area contributed by atoms with E-state index in [0.29, 0.717) is 18.0 Å². The maximum atomic E-state index is 11.9. The van der Waals surface area contributed by atoms with Crippen LogP contribution in [0.4, 0.5) is 0 Å². The van der Waals surface area contributed by atoms with Crippen molar-refractivity contribution in [3.8, 4) is 0 Å². The molecule has 6 heteroatoms. The molecule has 1 rings (SSSR count). The lowest BCUT2D eigenvalue weighted by Gasteiger charge is -2.12. The number of hydrogen-bond donors (Lipinski definition) is 2. The number of thioether (sulfide) groups is 1. The number of carbonyl (C=O) groups excluding carboxylic acids is 1. The van der Waals surface area contributed by atoms with E-state index in [9.17, 15) is 9.59 Å². The number of carbonyl (C=O) groups is 2. The fraction of sp³-hybridized carbons (Fsp3) is 0.467. The Kier molecular flexibility index (Phi) is 8.23. The summed E-state index contributed by atoms with van der Waals surface area (Å²) in [5.41, 5.74) is 0. The first-order chi connectivity index (χ1) is 10.0. The fourth-order valence-electron chi connectivity index (χ4n) is 1.72. The van der Waals surface area contributed by atoms with Crippen molar-refractivity contribution >= 4 is 35.2 Å². The molecule has 0 aliphatic heterocycles. The van der Waals surface area contributed by atoms with Crippen molar-refractivity contribution in [2.75, 3.05) is 6.54 Å². The molecule has 0 radical (unpaired) electrons. The van der Waals surface area contributed by atoms with Gasteiger partial charge in [0.2, 0.25) is 5.91 Å². The van der Waals surface area contributed by atoms with Crippen LogP contribution < -0.4 is 5.32 Å². The summed E-state index contributed by atoms with van der Waals surface area (Å²) in [6.45, 7) is 2.42. The quantitative estimate of drug-likeness (QED) is 0.537. The second-order valence-corrected chi connectivity index (χ2v) is 6.48. The number of halogens is 1. The van der Waals surface area contributed by atoms with E-state index in [1.165, 1.54) is 11.8 Å². The molecule has 1 amide bonds. The molecule has 2 N–H and O–H groups in total. The van der Waals surface area contributed by atoms with Gasteiger partial charge in [0.05, 0.1) is 10.3 Å². The summed E-state index contributed by atoms with van der Waals surface area (Å²) in [7, 11) is 0. The number of aliphatic carboxylic acids is 1. The topological polar surface area (TPSA) is 66.4 Å². The van der Waals surface area contributed by atoms with Gasteiger partial charge in [-0.05, 0) is 31.9 Å². The van der Waals surface area contributed by atoms with Gasteiger partial charge in [0, 0.05) is 17.9 Å². The first-order valence-electron chi connectivity index (χ1n) is 6.91. The van der Waals surface area contributed by atoms with E-state index in [4.69, 9.17) is 16.7 Å². The van der Waals surface area contributed by atoms with Gasteiger partial charge in [0.25, 0.3) is 0 Å². The Hall–Kier alpha value is -1.20. The number of amides is 1. The van der Waals surface area contributed by atoms with E-state index < -0.39 is 5.97 Å². The molecule has 4 nitrogen and oxygen atoms in total. The number of unbranched alkanes of at least 4 members (excludes halogenated alkanes) is 2. The van der Waals surface area contributed by atoms with Crippen LogP contribution in [-0.2, 0) is 9.59 Å². The Morgan fingerprint density at radius 1 is 1.29 bits per heavy atom. The van der Waals surface area contributed by atoms with E-state index in [1.54, 1.807) is 6.07 Å². The number of nitrogens with one attached hydrogen (secondary N) is 1. The fourth-order valence-corrected chi connectivity index (χ4v) is 2.90. The second kappa shape index (κ2) is 9.68. The van der Waals surface area contributed by atoms with Gasteiger partial charge in [-0.25, -0.2) is 0 Å². The normalized spacial score (nSPS) is 11.9. The first kappa shape index (κ1) is 17.9. The molecular formula is C15H20ClNO3S. The van der Waals surface area contributed by atoms with Crippen molar-refractivity contribution in [1.82, 2.24) is 5.32 Å². The molecule has 0 heterocycles. The molecule has 1 atom stereocenters. The van der Waals surface area contributed by atoms with Crippen molar-refractivity contribution < 1.29 is 14.7 Å². The van der Waals surface area contributed by atoms with Gasteiger partial charge in [-0.3, -0.25) is 9.59 Å². The molecule has 0 bridgehead atoms. The summed E-state index contributed by atoms with van der Waals surface area (Å²) >= 11 is 7.49. The maximum absolute atomic E-state index is 11.9. The summed E-state index contributed by atoms with van der Waals surface area (Å²) in [6.07, 6.45) is 2.43. The molecule has 1 aromatic rings. The van der Waals surface area contributed by atoms with Crippen molar-refractivity contribution in [2.24, 2.45) is 0 Å². The SMILES string of the molecule is CC(Sc1ccccc1Cl)C(=O)NCCCCCC(=O)O. The molecule has 21 heavy (non-hydrogen) atoms. The highest BCUT2D eigenvalue weighted by molar-refractivity contribution is 8.00. The summed E-state index contributed by atoms with van der Waals surface area (Å²) < 4.78 is 0. The molecule has 0 aliphatic rings. The maximum Gasteiger partial charge on any atom is 0.303 e. The third-order valence-corrected chi connectivity index (χ3v) is 4.50. The Balaban J connectivity index is 2.23. The Bertz CT molecular complexity index is 482. The van der Waals surface area contributed by atoms with Crippen molar-refractivity contribution in [3.63, 3.8) is 0 Å². The minimum Gasteiger partial charge on any atom is -0.481 e. The number of carboxylic acids is 1. The van der Waals surface area contributed by atoms with E-state index >= 15 is 0 Å². The van der Waals surface area contributed by atoms with Gasteiger partial charge in [-0.1, -0.05) is 30.2 Å². The molecule has 0 fully saturated rings. The monoisotopic (exact) mass is 329 g/mol. The van der Waals surface area contributed by atoms with Crippen LogP contribution in [0.2, 0.25) is 5.02 Å². The Labute approximate surface area is 134 Å². The zero-order valence-corrected chi connectivity index (χ0v) is 13.5. The zero-order chi connectivity index (χ0) is 15.7. The average Bonchev–Trinajstić information content (AvgIpc) is 2.44. The predicted molar refractivity (Wildman–Crippen MR) is 85.9 cm³/mol. The highest BCUT2D eigenvalue weighted by Gasteiger charge is 2.15. The third kappa shape index (κ3) is 7.39. The molecule has 116 valence electrons. The van der Waals surface area contributed by atoms with Gasteiger partial charge in [0.1, 0.15) is 0 Å². The van der Waals surface area contributed by atoms with E-state index in [-0.39, 0.29) is 17.6 Å².